The number of halogens is 7. The number of hydrogen-bond acceptors (Lipinski definition) is 4. The van der Waals surface area contributed by atoms with Gasteiger partial charge in [-0.05, 0) is 17.9 Å². The Morgan fingerprint density at radius 3 is 1.60 bits per heavy atom. The molecule has 0 bridgehead atoms. The Balaban J connectivity index is 0.000000236. The van der Waals surface area contributed by atoms with Gasteiger partial charge in [-0.3, -0.25) is 9.59 Å². The summed E-state index contributed by atoms with van der Waals surface area (Å²) in [6.07, 6.45) is 6.06. The van der Waals surface area contributed by atoms with E-state index >= 15 is 0 Å². The van der Waals surface area contributed by atoms with E-state index in [4.69, 9.17) is 11.6 Å². The van der Waals surface area contributed by atoms with Crippen molar-refractivity contribution in [1.29, 1.82) is 0 Å². The second-order valence-corrected chi connectivity index (χ2v) is 11.5. The largest absolute Gasteiger partial charge is 0.369 e. The lowest BCUT2D eigenvalue weighted by Gasteiger charge is -2.36. The van der Waals surface area contributed by atoms with E-state index in [0.717, 1.165) is 12.8 Å². The summed E-state index contributed by atoms with van der Waals surface area (Å²) in [5.74, 6) is -5.82. The Hall–Kier alpha value is -3.27. The standard InChI is InChI=1S/C16H17ClF3NO.C16H18F3NO/c1-3-9(2)7-21-8-11(17)15(22)6-14(21)16-12(19)4-10(18)5-13(16)20;1-3-10(2)9-20-5-4-12(21)8-15(20)16-13(18)6-11(17)7-14(16)19/h4-5,8-9,14H,3,6-7H2,1-2H3;4-7,10,15H,3,8-9H2,1-2H3. The number of rotatable bonds is 8. The highest BCUT2D eigenvalue weighted by molar-refractivity contribution is 6.42. The fraction of sp³-hybridized carbons (Fsp3) is 0.438. The van der Waals surface area contributed by atoms with E-state index in [9.17, 15) is 35.9 Å². The molecule has 0 N–H and O–H groups in total. The van der Waals surface area contributed by atoms with Gasteiger partial charge in [0.1, 0.15) is 34.9 Å². The molecule has 0 spiro atoms. The molecule has 2 aromatic carbocycles. The third-order valence-electron chi connectivity index (χ3n) is 7.76. The van der Waals surface area contributed by atoms with Crippen LogP contribution in [0.25, 0.3) is 0 Å². The molecule has 43 heavy (non-hydrogen) atoms. The quantitative estimate of drug-likeness (QED) is 0.275. The molecule has 0 aromatic heterocycles. The molecular weight excluding hydrogens is 594 g/mol. The van der Waals surface area contributed by atoms with Crippen LogP contribution in [0.4, 0.5) is 26.3 Å². The maximum atomic E-state index is 14.0. The first-order valence-electron chi connectivity index (χ1n) is 14.2. The summed E-state index contributed by atoms with van der Waals surface area (Å²) in [6, 6.07) is 1.03. The third-order valence-corrected chi connectivity index (χ3v) is 8.07. The van der Waals surface area contributed by atoms with Crippen molar-refractivity contribution in [3.8, 4) is 0 Å². The summed E-state index contributed by atoms with van der Waals surface area (Å²) in [6.45, 7) is 9.13. The second-order valence-electron chi connectivity index (χ2n) is 11.1. The first-order chi connectivity index (χ1) is 20.2. The number of benzene rings is 2. The van der Waals surface area contributed by atoms with Gasteiger partial charge in [0.25, 0.3) is 0 Å². The summed E-state index contributed by atoms with van der Waals surface area (Å²) in [5, 5.41) is 0.0440. The molecular formula is C32H35ClF6N2O2. The topological polar surface area (TPSA) is 40.6 Å². The average molecular weight is 629 g/mol. The predicted molar refractivity (Wildman–Crippen MR) is 153 cm³/mol. The van der Waals surface area contributed by atoms with Crippen LogP contribution in [0.1, 0.15) is 76.6 Å². The van der Waals surface area contributed by atoms with Crippen molar-refractivity contribution < 1.29 is 35.9 Å². The van der Waals surface area contributed by atoms with Crippen LogP contribution in [0.2, 0.25) is 0 Å². The van der Waals surface area contributed by atoms with Crippen molar-refractivity contribution in [3.05, 3.63) is 93.8 Å². The van der Waals surface area contributed by atoms with E-state index in [1.165, 1.54) is 12.3 Å². The van der Waals surface area contributed by atoms with Crippen LogP contribution in [-0.2, 0) is 9.59 Å². The highest BCUT2D eigenvalue weighted by Gasteiger charge is 2.33. The monoisotopic (exact) mass is 628 g/mol. The van der Waals surface area contributed by atoms with Crippen molar-refractivity contribution in [2.75, 3.05) is 13.1 Å². The Morgan fingerprint density at radius 1 is 0.744 bits per heavy atom. The summed E-state index contributed by atoms with van der Waals surface area (Å²) >= 11 is 5.87. The predicted octanol–water partition coefficient (Wildman–Crippen LogP) is 8.53. The maximum Gasteiger partial charge on any atom is 0.178 e. The Morgan fingerprint density at radius 2 is 1.16 bits per heavy atom. The van der Waals surface area contributed by atoms with Crippen LogP contribution >= 0.6 is 11.6 Å². The zero-order valence-electron chi connectivity index (χ0n) is 24.5. The van der Waals surface area contributed by atoms with E-state index in [1.54, 1.807) is 16.0 Å². The van der Waals surface area contributed by atoms with Crippen molar-refractivity contribution in [2.24, 2.45) is 11.8 Å². The number of Topliss-reactive ketones (excluding diaryl/α,β-unsaturated/α-hetero) is 1. The number of ketones is 2. The molecule has 4 unspecified atom stereocenters. The molecule has 0 fully saturated rings. The third kappa shape index (κ3) is 8.65. The average Bonchev–Trinajstić information content (AvgIpc) is 2.91. The Kier molecular flexibility index (Phi) is 11.9. The number of carbonyl (C=O) groups is 2. The lowest BCUT2D eigenvalue weighted by atomic mass is 9.94. The molecule has 4 atom stereocenters. The normalized spacial score (nSPS) is 20.0. The van der Waals surface area contributed by atoms with Crippen LogP contribution in [-0.4, -0.2) is 34.5 Å². The molecule has 4 rings (SSSR count). The molecule has 0 saturated carbocycles. The number of carbonyl (C=O) groups excluding carboxylic acids is 2. The van der Waals surface area contributed by atoms with Crippen LogP contribution in [0.3, 0.4) is 0 Å². The van der Waals surface area contributed by atoms with Crippen LogP contribution in [0.15, 0.2) is 47.8 Å². The molecule has 0 aliphatic carbocycles. The summed E-state index contributed by atoms with van der Waals surface area (Å²) in [7, 11) is 0. The smallest absolute Gasteiger partial charge is 0.178 e. The maximum absolute atomic E-state index is 14.0. The van der Waals surface area contributed by atoms with Gasteiger partial charge in [0.15, 0.2) is 11.6 Å². The molecule has 11 heteroatoms. The molecule has 0 radical (unpaired) electrons. The lowest BCUT2D eigenvalue weighted by molar-refractivity contribution is -0.117. The molecule has 0 amide bonds. The van der Waals surface area contributed by atoms with Crippen LogP contribution < -0.4 is 0 Å². The number of hydrogen-bond donors (Lipinski definition) is 0. The van der Waals surface area contributed by atoms with Gasteiger partial charge in [0, 0.05) is 73.7 Å². The van der Waals surface area contributed by atoms with Gasteiger partial charge >= 0.3 is 0 Å². The second kappa shape index (κ2) is 14.9. The number of nitrogens with zero attached hydrogens (tertiary/aromatic N) is 2. The van der Waals surface area contributed by atoms with Gasteiger partial charge < -0.3 is 9.80 Å². The van der Waals surface area contributed by atoms with E-state index in [0.29, 0.717) is 43.3 Å². The van der Waals surface area contributed by atoms with Gasteiger partial charge in [-0.25, -0.2) is 26.3 Å². The molecule has 234 valence electrons. The van der Waals surface area contributed by atoms with Crippen molar-refractivity contribution in [3.63, 3.8) is 0 Å². The van der Waals surface area contributed by atoms with Crippen molar-refractivity contribution >= 4 is 23.2 Å². The van der Waals surface area contributed by atoms with Gasteiger partial charge in [0.2, 0.25) is 0 Å². The highest BCUT2D eigenvalue weighted by Crippen LogP contribution is 2.36. The van der Waals surface area contributed by atoms with Crippen molar-refractivity contribution in [1.82, 2.24) is 9.80 Å². The number of allylic oxidation sites excluding steroid dienone is 2. The molecule has 2 aromatic rings. The van der Waals surface area contributed by atoms with E-state index in [2.05, 4.69) is 0 Å². The highest BCUT2D eigenvalue weighted by atomic mass is 35.5. The Bertz CT molecular complexity index is 1350. The minimum Gasteiger partial charge on any atom is -0.369 e. The zero-order chi connectivity index (χ0) is 32.0. The lowest BCUT2D eigenvalue weighted by Crippen LogP contribution is -2.34. The van der Waals surface area contributed by atoms with E-state index in [-0.39, 0.29) is 46.5 Å². The SMILES string of the molecule is CCC(C)CN1C=C(Cl)C(=O)CC1c1c(F)cc(F)cc1F.CCC(C)CN1C=CC(=O)CC1c1c(F)cc(F)cc1F. The van der Waals surface area contributed by atoms with E-state index < -0.39 is 47.0 Å². The van der Waals surface area contributed by atoms with Crippen LogP contribution in [0.5, 0.6) is 0 Å². The molecule has 2 heterocycles. The first-order valence-corrected chi connectivity index (χ1v) is 14.5. The fourth-order valence-corrected chi connectivity index (χ4v) is 5.18. The molecule has 2 aliphatic rings. The minimum absolute atomic E-state index is 0.00753. The first kappa shape index (κ1) is 34.2. The summed E-state index contributed by atoms with van der Waals surface area (Å²) in [4.78, 5) is 26.9. The molecule has 2 aliphatic heterocycles. The summed E-state index contributed by atoms with van der Waals surface area (Å²) < 4.78 is 82.2. The Labute approximate surface area is 253 Å². The van der Waals surface area contributed by atoms with Gasteiger partial charge in [-0.15, -0.1) is 0 Å². The van der Waals surface area contributed by atoms with Gasteiger partial charge in [-0.1, -0.05) is 52.1 Å². The fourth-order valence-electron chi connectivity index (χ4n) is 4.98. The minimum atomic E-state index is -0.990. The summed E-state index contributed by atoms with van der Waals surface area (Å²) in [5.41, 5.74) is -0.532. The van der Waals surface area contributed by atoms with Crippen molar-refractivity contribution in [2.45, 2.75) is 65.5 Å². The molecule has 4 nitrogen and oxygen atoms in total. The molecule has 0 saturated heterocycles. The van der Waals surface area contributed by atoms with E-state index in [1.807, 2.05) is 27.7 Å². The van der Waals surface area contributed by atoms with Gasteiger partial charge in [0.05, 0.1) is 17.1 Å². The van der Waals surface area contributed by atoms with Gasteiger partial charge in [-0.2, -0.15) is 0 Å². The van der Waals surface area contributed by atoms with Crippen LogP contribution in [0, 0.1) is 46.7 Å². The zero-order valence-corrected chi connectivity index (χ0v) is 25.2.